The van der Waals surface area contributed by atoms with E-state index in [1.165, 1.54) is 0 Å². The number of para-hydroxylation sites is 3. The number of nitrogens with zero attached hydrogens (tertiary/aromatic N) is 3. The van der Waals surface area contributed by atoms with Crippen molar-refractivity contribution >= 4 is 75.1 Å². The summed E-state index contributed by atoms with van der Waals surface area (Å²) in [6.07, 6.45) is 11.3. The van der Waals surface area contributed by atoms with Gasteiger partial charge in [-0.3, -0.25) is 19.2 Å². The number of aliphatic carboxylic acids is 1. The van der Waals surface area contributed by atoms with Crippen LogP contribution in [0.5, 0.6) is 17.2 Å². The highest BCUT2D eigenvalue weighted by molar-refractivity contribution is 5.84. The lowest BCUT2D eigenvalue weighted by atomic mass is 10.0. The Morgan fingerprint density at radius 2 is 0.473 bits per heavy atom. The molecule has 0 radical (unpaired) electrons. The number of carbonyl (C=O) groups is 4. The third kappa shape index (κ3) is 18.8. The fourth-order valence-corrected chi connectivity index (χ4v) is 11.2. The zero-order chi connectivity index (χ0) is 62.8. The third-order valence-corrected chi connectivity index (χ3v) is 15.8. The highest BCUT2D eigenvalue weighted by Gasteiger charge is 2.19. The van der Waals surface area contributed by atoms with Gasteiger partial charge in [0.2, 0.25) is 0 Å². The molecule has 10 rings (SSSR count). The molecule has 91 heavy (non-hydrogen) atoms. The number of benzene rings is 10. The van der Waals surface area contributed by atoms with Crippen molar-refractivity contribution in [2.45, 2.75) is 103 Å². The van der Waals surface area contributed by atoms with E-state index in [1.54, 1.807) is 6.07 Å². The smallest absolute Gasteiger partial charge is 0.311 e. The Morgan fingerprint density at radius 3 is 0.758 bits per heavy atom. The number of carboxylic acid groups (broad SMARTS) is 1. The topological polar surface area (TPSA) is 126 Å². The van der Waals surface area contributed by atoms with Crippen LogP contribution in [0.15, 0.2) is 267 Å². The van der Waals surface area contributed by atoms with E-state index in [0.29, 0.717) is 49.4 Å². The van der Waals surface area contributed by atoms with Crippen LogP contribution < -0.4 is 28.9 Å². The molecule has 11 nitrogen and oxygen atoms in total. The SMILES string of the molecule is O=C(O)CCCCCCCCC(=O)Oc1cccc(N(c2ccccc2)c2ccc(-c3ccc(N(c4ccccc4)c4cccc(OC(=O)CCCCCCCCC(=O)Oc5cccc(N(c6ccccc6)c6ccc(-c7ccccc7)cc6)c5)c4)cc3)cc2)c1. The monoisotopic (exact) mass is 1210 g/mol. The van der Waals surface area contributed by atoms with Gasteiger partial charge in [0.1, 0.15) is 17.2 Å². The summed E-state index contributed by atoms with van der Waals surface area (Å²) in [7, 11) is 0. The van der Waals surface area contributed by atoms with Gasteiger partial charge in [0.05, 0.1) is 0 Å². The highest BCUT2D eigenvalue weighted by atomic mass is 16.5. The molecule has 0 heterocycles. The quantitative estimate of drug-likeness (QED) is 0.0246. The maximum absolute atomic E-state index is 13.2. The van der Waals surface area contributed by atoms with E-state index in [0.717, 1.165) is 138 Å². The van der Waals surface area contributed by atoms with Crippen molar-refractivity contribution in [3.05, 3.63) is 267 Å². The summed E-state index contributed by atoms with van der Waals surface area (Å²) in [4.78, 5) is 56.4. The number of ether oxygens (including phenoxy) is 3. The lowest BCUT2D eigenvalue weighted by molar-refractivity contribution is -0.137. The number of hydrogen-bond donors (Lipinski definition) is 1. The summed E-state index contributed by atoms with van der Waals surface area (Å²) in [6, 6.07) is 88.9. The van der Waals surface area contributed by atoms with Crippen LogP contribution in [0.3, 0.4) is 0 Å². The molecule has 0 aliphatic rings. The zero-order valence-electron chi connectivity index (χ0n) is 51.4. The van der Waals surface area contributed by atoms with Gasteiger partial charge in [-0.1, -0.05) is 191 Å². The summed E-state index contributed by atoms with van der Waals surface area (Å²) >= 11 is 0. The van der Waals surface area contributed by atoms with Crippen molar-refractivity contribution in [2.24, 2.45) is 0 Å². The van der Waals surface area contributed by atoms with E-state index in [2.05, 4.69) is 136 Å². The van der Waals surface area contributed by atoms with E-state index in [9.17, 15) is 19.2 Å². The van der Waals surface area contributed by atoms with Crippen LogP contribution in [-0.2, 0) is 19.2 Å². The van der Waals surface area contributed by atoms with Crippen molar-refractivity contribution in [1.29, 1.82) is 0 Å². The predicted molar refractivity (Wildman–Crippen MR) is 366 cm³/mol. The van der Waals surface area contributed by atoms with Crippen LogP contribution in [-0.4, -0.2) is 29.0 Å². The molecule has 0 unspecified atom stereocenters. The van der Waals surface area contributed by atoms with Gasteiger partial charge in [-0.25, -0.2) is 0 Å². The Labute approximate surface area is 534 Å². The normalized spacial score (nSPS) is 10.9. The standard InChI is InChI=1S/C80H77N3O8/c84-77(85)42-21-5-1-2-6-22-43-78(86)89-75-40-26-37-72(59-75)82(66-32-17-11-18-33-66)69-54-48-63(49-55-69)64-50-56-70(57-51-64)83(67-34-19-12-20-35-67)73-38-27-41-76(60-73)91-80(88)45-24-8-4-3-7-23-44-79(87)90-74-39-25-36-71(58-74)81(65-30-15-10-16-31-65)68-52-46-62(47-53-68)61-28-13-9-14-29-61/h9-20,25-41,46-60H,1-8,21-24,42-45H2,(H,84,85). The average molecular weight is 1210 g/mol. The van der Waals surface area contributed by atoms with Crippen LogP contribution in [0, 0.1) is 0 Å². The summed E-state index contributed by atoms with van der Waals surface area (Å²) in [6.45, 7) is 0. The Bertz CT molecular complexity index is 3900. The summed E-state index contributed by atoms with van der Waals surface area (Å²) in [5.41, 5.74) is 12.7. The molecule has 460 valence electrons. The molecular formula is C80H77N3O8. The molecule has 10 aromatic rings. The largest absolute Gasteiger partial charge is 0.481 e. The van der Waals surface area contributed by atoms with Gasteiger partial charge in [0.25, 0.3) is 0 Å². The first kappa shape index (κ1) is 63.5. The lowest BCUT2D eigenvalue weighted by Crippen LogP contribution is -2.11. The van der Waals surface area contributed by atoms with Gasteiger partial charge < -0.3 is 34.0 Å². The number of carbonyl (C=O) groups excluding carboxylic acids is 3. The molecule has 10 aromatic carbocycles. The van der Waals surface area contributed by atoms with E-state index >= 15 is 0 Å². The van der Waals surface area contributed by atoms with Crippen molar-refractivity contribution in [3.8, 4) is 39.5 Å². The Balaban J connectivity index is 0.687. The molecule has 0 aliphatic heterocycles. The molecule has 0 aliphatic carbocycles. The lowest BCUT2D eigenvalue weighted by Gasteiger charge is -2.26. The Kier molecular flexibility index (Phi) is 23.1. The fraction of sp³-hybridized carbons (Fsp3) is 0.200. The van der Waals surface area contributed by atoms with Gasteiger partial charge >= 0.3 is 23.9 Å². The highest BCUT2D eigenvalue weighted by Crippen LogP contribution is 2.41. The molecule has 11 heteroatoms. The molecule has 0 aromatic heterocycles. The van der Waals surface area contributed by atoms with Crippen LogP contribution in [0.2, 0.25) is 0 Å². The fourth-order valence-electron chi connectivity index (χ4n) is 11.2. The minimum Gasteiger partial charge on any atom is -0.481 e. The molecule has 0 spiro atoms. The summed E-state index contributed by atoms with van der Waals surface area (Å²) in [5.74, 6) is -0.114. The maximum atomic E-state index is 13.2. The first-order valence-corrected chi connectivity index (χ1v) is 31.8. The maximum Gasteiger partial charge on any atom is 0.311 e. The first-order valence-electron chi connectivity index (χ1n) is 31.8. The number of esters is 3. The van der Waals surface area contributed by atoms with Crippen molar-refractivity contribution < 1.29 is 38.5 Å². The summed E-state index contributed by atoms with van der Waals surface area (Å²) < 4.78 is 17.7. The number of unbranched alkanes of at least 4 members (excludes halogenated alkanes) is 10. The van der Waals surface area contributed by atoms with Crippen molar-refractivity contribution in [2.75, 3.05) is 14.7 Å². The molecular weight excluding hydrogens is 1130 g/mol. The van der Waals surface area contributed by atoms with Crippen LogP contribution in [0.25, 0.3) is 22.3 Å². The Hall–Kier alpha value is -10.5. The molecule has 0 bridgehead atoms. The molecule has 0 fully saturated rings. The Morgan fingerprint density at radius 1 is 0.242 bits per heavy atom. The second-order valence-corrected chi connectivity index (χ2v) is 22.6. The summed E-state index contributed by atoms with van der Waals surface area (Å²) in [5, 5.41) is 8.86. The van der Waals surface area contributed by atoms with Gasteiger partial charge in [-0.15, -0.1) is 0 Å². The second kappa shape index (κ2) is 33.2. The van der Waals surface area contributed by atoms with E-state index < -0.39 is 5.97 Å². The average Bonchev–Trinajstić information content (AvgIpc) is 1.43. The van der Waals surface area contributed by atoms with Crippen LogP contribution in [0.1, 0.15) is 103 Å². The predicted octanol–water partition coefficient (Wildman–Crippen LogP) is 21.2. The molecule has 0 saturated carbocycles. The number of rotatable bonds is 32. The zero-order valence-corrected chi connectivity index (χ0v) is 51.4. The van der Waals surface area contributed by atoms with Crippen LogP contribution >= 0.6 is 0 Å². The minimum atomic E-state index is -0.760. The van der Waals surface area contributed by atoms with E-state index in [-0.39, 0.29) is 24.3 Å². The first-order chi connectivity index (χ1) is 44.7. The van der Waals surface area contributed by atoms with Gasteiger partial charge in [-0.2, -0.15) is 0 Å². The molecule has 0 amide bonds. The van der Waals surface area contributed by atoms with Gasteiger partial charge in [0.15, 0.2) is 0 Å². The minimum absolute atomic E-state index is 0.200. The second-order valence-electron chi connectivity index (χ2n) is 22.6. The van der Waals surface area contributed by atoms with Crippen molar-refractivity contribution in [1.82, 2.24) is 0 Å². The van der Waals surface area contributed by atoms with E-state index in [1.807, 2.05) is 140 Å². The molecule has 0 saturated heterocycles. The van der Waals surface area contributed by atoms with Crippen molar-refractivity contribution in [3.63, 3.8) is 0 Å². The number of carboxylic acids is 1. The number of anilines is 9. The molecule has 1 N–H and O–H groups in total. The van der Waals surface area contributed by atoms with Gasteiger partial charge in [-0.05, 0) is 157 Å². The molecule has 0 atom stereocenters. The third-order valence-electron chi connectivity index (χ3n) is 15.8. The number of hydrogen-bond acceptors (Lipinski definition) is 10. The van der Waals surface area contributed by atoms with Crippen LogP contribution in [0.4, 0.5) is 51.2 Å². The van der Waals surface area contributed by atoms with Gasteiger partial charge in [0, 0.05) is 95.1 Å². The van der Waals surface area contributed by atoms with E-state index in [4.69, 9.17) is 19.3 Å².